The number of amides is 1. The number of rotatable bonds is 1. The van der Waals surface area contributed by atoms with E-state index in [2.05, 4.69) is 5.32 Å². The maximum Gasteiger partial charge on any atom is 0.341 e. The maximum atomic E-state index is 13.5. The number of carbonyl (C=O) groups is 1. The molecule has 2 aliphatic heterocycles. The van der Waals surface area contributed by atoms with Gasteiger partial charge in [-0.3, -0.25) is 4.79 Å². The second-order valence-corrected chi connectivity index (χ2v) is 7.30. The topological polar surface area (TPSA) is 82.8 Å². The normalized spacial score (nSPS) is 15.9. The fourth-order valence-corrected chi connectivity index (χ4v) is 4.33. The number of para-hydroxylation sites is 1. The molecule has 6 nitrogen and oxygen atoms in total. The average Bonchev–Trinajstić information content (AvgIpc) is 2.73. The van der Waals surface area contributed by atoms with Crippen LogP contribution in [0.1, 0.15) is 33.5 Å². The van der Waals surface area contributed by atoms with Crippen molar-refractivity contribution >= 4 is 22.6 Å². The summed E-state index contributed by atoms with van der Waals surface area (Å²) in [7, 11) is 0. The predicted octanol–water partition coefficient (Wildman–Crippen LogP) is 2.74. The van der Waals surface area contributed by atoms with Gasteiger partial charge in [0.1, 0.15) is 11.3 Å². The Balaban J connectivity index is 1.71. The molecule has 0 spiro atoms. The lowest BCUT2D eigenvalue weighted by Crippen LogP contribution is -2.36. The van der Waals surface area contributed by atoms with Crippen LogP contribution in [-0.2, 0) is 19.4 Å². The van der Waals surface area contributed by atoms with Crippen LogP contribution in [0.2, 0.25) is 0 Å². The van der Waals surface area contributed by atoms with E-state index in [9.17, 15) is 14.7 Å². The zero-order valence-corrected chi connectivity index (χ0v) is 15.3. The zero-order valence-electron chi connectivity index (χ0n) is 15.3. The summed E-state index contributed by atoms with van der Waals surface area (Å²) in [6.45, 7) is 1.78. The molecule has 0 unspecified atom stereocenters. The minimum atomic E-state index is -0.451. The van der Waals surface area contributed by atoms with Crippen LogP contribution in [0.15, 0.2) is 45.6 Å². The molecule has 0 atom stereocenters. The van der Waals surface area contributed by atoms with Crippen molar-refractivity contribution in [1.29, 1.82) is 0 Å². The van der Waals surface area contributed by atoms with Gasteiger partial charge in [0.05, 0.1) is 5.56 Å². The number of aromatic hydroxyl groups is 1. The van der Waals surface area contributed by atoms with E-state index in [1.54, 1.807) is 11.0 Å². The highest BCUT2D eigenvalue weighted by Gasteiger charge is 2.29. The van der Waals surface area contributed by atoms with Gasteiger partial charge in [-0.15, -0.1) is 0 Å². The van der Waals surface area contributed by atoms with Gasteiger partial charge in [0.2, 0.25) is 0 Å². The van der Waals surface area contributed by atoms with Crippen molar-refractivity contribution in [2.24, 2.45) is 0 Å². The Morgan fingerprint density at radius 3 is 2.86 bits per heavy atom. The molecule has 3 heterocycles. The van der Waals surface area contributed by atoms with Crippen molar-refractivity contribution in [1.82, 2.24) is 5.32 Å². The van der Waals surface area contributed by atoms with Crippen molar-refractivity contribution in [2.75, 3.05) is 18.0 Å². The van der Waals surface area contributed by atoms with Crippen LogP contribution in [0.25, 0.3) is 11.0 Å². The van der Waals surface area contributed by atoms with Gasteiger partial charge in [-0.1, -0.05) is 18.2 Å². The molecule has 0 fully saturated rings. The van der Waals surface area contributed by atoms with Gasteiger partial charge in [-0.25, -0.2) is 4.79 Å². The van der Waals surface area contributed by atoms with Gasteiger partial charge in [0.15, 0.2) is 5.58 Å². The van der Waals surface area contributed by atoms with Gasteiger partial charge >= 0.3 is 5.63 Å². The lowest BCUT2D eigenvalue weighted by atomic mass is 9.95. The summed E-state index contributed by atoms with van der Waals surface area (Å²) in [5.41, 5.74) is 3.25. The number of nitrogens with one attached hydrogen (secondary N) is 1. The van der Waals surface area contributed by atoms with Gasteiger partial charge in [0, 0.05) is 24.2 Å². The molecular formula is C22H20N2O4. The maximum absolute atomic E-state index is 13.5. The van der Waals surface area contributed by atoms with Gasteiger partial charge in [-0.05, 0) is 55.1 Å². The van der Waals surface area contributed by atoms with Crippen LogP contribution >= 0.6 is 0 Å². The standard InChI is InChI=1S/C22H20N2O4/c25-18-8-7-15-14-9-10-23-12-16(14)22(27)28-20(15)19(18)21(26)24-11-3-5-13-4-1-2-6-17(13)24/h1-2,4,6-8,23,25H,3,5,9-12H2. The number of carbonyl (C=O) groups excluding carboxylic acids is 1. The first-order chi connectivity index (χ1) is 13.6. The Morgan fingerprint density at radius 1 is 1.11 bits per heavy atom. The Bertz CT molecular complexity index is 1170. The highest BCUT2D eigenvalue weighted by atomic mass is 16.4. The average molecular weight is 376 g/mol. The third-order valence-electron chi connectivity index (χ3n) is 5.69. The molecule has 6 heteroatoms. The molecule has 142 valence electrons. The Morgan fingerprint density at radius 2 is 1.96 bits per heavy atom. The van der Waals surface area contributed by atoms with Crippen LogP contribution < -0.4 is 15.8 Å². The van der Waals surface area contributed by atoms with Crippen LogP contribution in [-0.4, -0.2) is 24.1 Å². The number of nitrogens with zero attached hydrogens (tertiary/aromatic N) is 1. The number of fused-ring (bicyclic) bond motifs is 4. The summed E-state index contributed by atoms with van der Waals surface area (Å²) in [6, 6.07) is 11.0. The fourth-order valence-electron chi connectivity index (χ4n) is 4.33. The second kappa shape index (κ2) is 6.49. The van der Waals surface area contributed by atoms with Crippen molar-refractivity contribution in [3.63, 3.8) is 0 Å². The molecule has 0 saturated heterocycles. The monoisotopic (exact) mass is 376 g/mol. The van der Waals surface area contributed by atoms with Crippen molar-refractivity contribution in [3.8, 4) is 5.75 Å². The molecule has 2 aliphatic rings. The minimum absolute atomic E-state index is 0.0626. The molecule has 1 aromatic heterocycles. The van der Waals surface area contributed by atoms with E-state index in [4.69, 9.17) is 4.42 Å². The number of aryl methyl sites for hydroxylation is 1. The van der Waals surface area contributed by atoms with Gasteiger partial charge in [-0.2, -0.15) is 0 Å². The molecule has 3 aromatic rings. The first-order valence-electron chi connectivity index (χ1n) is 9.56. The van der Waals surface area contributed by atoms with E-state index in [-0.39, 0.29) is 22.8 Å². The van der Waals surface area contributed by atoms with E-state index < -0.39 is 5.63 Å². The fraction of sp³-hybridized carbons (Fsp3) is 0.273. The number of benzene rings is 2. The van der Waals surface area contributed by atoms with E-state index in [0.29, 0.717) is 25.1 Å². The van der Waals surface area contributed by atoms with E-state index in [0.717, 1.165) is 41.6 Å². The largest absolute Gasteiger partial charge is 0.507 e. The van der Waals surface area contributed by atoms with E-state index in [1.165, 1.54) is 6.07 Å². The molecule has 1 amide bonds. The smallest absolute Gasteiger partial charge is 0.341 e. The quantitative estimate of drug-likeness (QED) is 0.638. The number of hydrogen-bond donors (Lipinski definition) is 2. The lowest BCUT2D eigenvalue weighted by molar-refractivity contribution is 0.0983. The van der Waals surface area contributed by atoms with Gasteiger partial charge in [0.25, 0.3) is 5.91 Å². The number of hydrogen-bond acceptors (Lipinski definition) is 5. The first kappa shape index (κ1) is 17.0. The summed E-state index contributed by atoms with van der Waals surface area (Å²) >= 11 is 0. The summed E-state index contributed by atoms with van der Waals surface area (Å²) < 4.78 is 5.57. The summed E-state index contributed by atoms with van der Waals surface area (Å²) in [4.78, 5) is 27.7. The number of phenols is 1. The van der Waals surface area contributed by atoms with E-state index >= 15 is 0 Å². The third-order valence-corrected chi connectivity index (χ3v) is 5.69. The summed E-state index contributed by atoms with van der Waals surface area (Å²) in [6.07, 6.45) is 2.44. The molecule has 0 radical (unpaired) electrons. The lowest BCUT2D eigenvalue weighted by Gasteiger charge is -2.30. The molecule has 2 aromatic carbocycles. The molecule has 0 aliphatic carbocycles. The highest BCUT2D eigenvalue weighted by molar-refractivity contribution is 6.15. The highest BCUT2D eigenvalue weighted by Crippen LogP contribution is 2.34. The predicted molar refractivity (Wildman–Crippen MR) is 106 cm³/mol. The van der Waals surface area contributed by atoms with Crippen molar-refractivity contribution in [2.45, 2.75) is 25.8 Å². The Hall–Kier alpha value is -3.12. The number of anilines is 1. The molecule has 0 bridgehead atoms. The summed E-state index contributed by atoms with van der Waals surface area (Å²) in [5, 5.41) is 14.4. The Labute approximate surface area is 161 Å². The molecule has 5 rings (SSSR count). The van der Waals surface area contributed by atoms with Crippen LogP contribution in [0.3, 0.4) is 0 Å². The summed E-state index contributed by atoms with van der Waals surface area (Å²) in [5.74, 6) is -0.509. The molecule has 2 N–H and O–H groups in total. The molecule has 0 saturated carbocycles. The number of phenolic OH excluding ortho intramolecular Hbond substituents is 1. The Kier molecular flexibility index (Phi) is 3.94. The minimum Gasteiger partial charge on any atom is -0.507 e. The third kappa shape index (κ3) is 2.52. The molecular weight excluding hydrogens is 356 g/mol. The van der Waals surface area contributed by atoms with Crippen LogP contribution in [0.5, 0.6) is 5.75 Å². The van der Waals surface area contributed by atoms with Crippen molar-refractivity contribution < 1.29 is 14.3 Å². The van der Waals surface area contributed by atoms with Gasteiger partial charge < -0.3 is 19.7 Å². The first-order valence-corrected chi connectivity index (χ1v) is 9.56. The second-order valence-electron chi connectivity index (χ2n) is 7.30. The SMILES string of the molecule is O=C(c1c(O)ccc2c3c(c(=O)oc12)CNCC3)N1CCCc2ccccc21. The van der Waals surface area contributed by atoms with Crippen molar-refractivity contribution in [3.05, 3.63) is 69.1 Å². The molecule has 28 heavy (non-hydrogen) atoms. The zero-order chi connectivity index (χ0) is 19.3. The van der Waals surface area contributed by atoms with Crippen LogP contribution in [0, 0.1) is 0 Å². The van der Waals surface area contributed by atoms with Crippen LogP contribution in [0.4, 0.5) is 5.69 Å². The van der Waals surface area contributed by atoms with E-state index in [1.807, 2.05) is 24.3 Å².